The van der Waals surface area contributed by atoms with Gasteiger partial charge in [-0.1, -0.05) is 0 Å². The second kappa shape index (κ2) is 7.27. The number of benzene rings is 1. The summed E-state index contributed by atoms with van der Waals surface area (Å²) < 4.78 is 38.7. The number of amides is 1. The number of halogens is 3. The van der Waals surface area contributed by atoms with Gasteiger partial charge in [-0.05, 0) is 31.5 Å². The van der Waals surface area contributed by atoms with Gasteiger partial charge in [0.25, 0.3) is 0 Å². The molecule has 0 saturated heterocycles. The van der Waals surface area contributed by atoms with Crippen molar-refractivity contribution in [3.63, 3.8) is 0 Å². The van der Waals surface area contributed by atoms with E-state index in [0.717, 1.165) is 12.1 Å². The Kier molecular flexibility index (Phi) is 5.59. The van der Waals surface area contributed by atoms with Crippen LogP contribution in [0, 0.1) is 0 Å². The van der Waals surface area contributed by atoms with Crippen molar-refractivity contribution < 1.29 is 23.1 Å². The first-order chi connectivity index (χ1) is 10.8. The summed E-state index contributed by atoms with van der Waals surface area (Å²) in [7, 11) is 0. The van der Waals surface area contributed by atoms with Crippen LogP contribution in [0.5, 0.6) is 0 Å². The molecule has 8 heteroatoms. The third-order valence-electron chi connectivity index (χ3n) is 3.29. The van der Waals surface area contributed by atoms with E-state index in [-0.39, 0.29) is 25.0 Å². The van der Waals surface area contributed by atoms with Crippen LogP contribution in [0.4, 0.5) is 13.2 Å². The van der Waals surface area contributed by atoms with Crippen LogP contribution in [0.3, 0.4) is 0 Å². The second-order valence-electron chi connectivity index (χ2n) is 5.27. The zero-order valence-corrected chi connectivity index (χ0v) is 13.3. The van der Waals surface area contributed by atoms with Crippen LogP contribution in [-0.4, -0.2) is 28.6 Å². The summed E-state index contributed by atoms with van der Waals surface area (Å²) in [5.41, 5.74) is -0.425. The Morgan fingerprint density at radius 3 is 2.83 bits per heavy atom. The standard InChI is InChI=1S/C15H17F3N2O2S/c1-9(6-7-21)19-13(22)4-5-14-20-11-8-10(15(16,17)18)2-3-12(11)23-14/h2-3,8-9,21H,4-7H2,1H3,(H,19,22). The Hall–Kier alpha value is -1.67. The second-order valence-corrected chi connectivity index (χ2v) is 6.38. The van der Waals surface area contributed by atoms with Gasteiger partial charge in [-0.25, -0.2) is 4.98 Å². The zero-order chi connectivity index (χ0) is 17.0. The third kappa shape index (κ3) is 4.90. The lowest BCUT2D eigenvalue weighted by Crippen LogP contribution is -2.33. The average Bonchev–Trinajstić information content (AvgIpc) is 2.86. The van der Waals surface area contributed by atoms with Crippen molar-refractivity contribution in [3.05, 3.63) is 28.8 Å². The quantitative estimate of drug-likeness (QED) is 0.845. The van der Waals surface area contributed by atoms with Crippen LogP contribution in [-0.2, 0) is 17.4 Å². The number of fused-ring (bicyclic) bond motifs is 1. The van der Waals surface area contributed by atoms with Crippen LogP contribution in [0.1, 0.15) is 30.3 Å². The number of nitrogens with zero attached hydrogens (tertiary/aromatic N) is 1. The lowest BCUT2D eigenvalue weighted by Gasteiger charge is -2.11. The number of aromatic nitrogens is 1. The zero-order valence-electron chi connectivity index (χ0n) is 12.5. The maximum absolute atomic E-state index is 12.7. The van der Waals surface area contributed by atoms with Gasteiger partial charge in [-0.2, -0.15) is 13.2 Å². The number of aliphatic hydroxyl groups excluding tert-OH is 1. The van der Waals surface area contributed by atoms with E-state index in [1.807, 2.05) is 0 Å². The number of aryl methyl sites for hydroxylation is 1. The van der Waals surface area contributed by atoms with Crippen molar-refractivity contribution in [3.8, 4) is 0 Å². The van der Waals surface area contributed by atoms with Crippen LogP contribution in [0.2, 0.25) is 0 Å². The highest BCUT2D eigenvalue weighted by Gasteiger charge is 2.30. The Balaban J connectivity index is 2.00. The molecule has 1 amide bonds. The molecule has 4 nitrogen and oxygen atoms in total. The van der Waals surface area contributed by atoms with E-state index in [2.05, 4.69) is 10.3 Å². The van der Waals surface area contributed by atoms with Crippen molar-refractivity contribution in [2.45, 2.75) is 38.4 Å². The van der Waals surface area contributed by atoms with Gasteiger partial charge >= 0.3 is 6.18 Å². The van der Waals surface area contributed by atoms with E-state index in [9.17, 15) is 18.0 Å². The third-order valence-corrected chi connectivity index (χ3v) is 4.39. The van der Waals surface area contributed by atoms with Crippen molar-refractivity contribution >= 4 is 27.5 Å². The largest absolute Gasteiger partial charge is 0.416 e. The van der Waals surface area contributed by atoms with E-state index >= 15 is 0 Å². The van der Waals surface area contributed by atoms with Crippen LogP contribution < -0.4 is 5.32 Å². The summed E-state index contributed by atoms with van der Waals surface area (Å²) in [4.78, 5) is 15.9. The van der Waals surface area contributed by atoms with Gasteiger partial charge in [0.05, 0.1) is 20.8 Å². The molecule has 2 N–H and O–H groups in total. The highest BCUT2D eigenvalue weighted by Crippen LogP contribution is 2.33. The van der Waals surface area contributed by atoms with Crippen LogP contribution in [0.15, 0.2) is 18.2 Å². The fourth-order valence-corrected chi connectivity index (χ4v) is 3.04. The molecule has 2 aromatic rings. The van der Waals surface area contributed by atoms with E-state index in [1.54, 1.807) is 6.92 Å². The topological polar surface area (TPSA) is 62.2 Å². The summed E-state index contributed by atoms with van der Waals surface area (Å²) in [6, 6.07) is 3.35. The maximum Gasteiger partial charge on any atom is 0.416 e. The number of rotatable bonds is 6. The van der Waals surface area contributed by atoms with E-state index in [0.29, 0.717) is 28.1 Å². The molecule has 1 atom stereocenters. The molecule has 0 fully saturated rings. The fourth-order valence-electron chi connectivity index (χ4n) is 2.09. The minimum Gasteiger partial charge on any atom is -0.396 e. The number of carbonyl (C=O) groups is 1. The lowest BCUT2D eigenvalue weighted by atomic mass is 10.2. The molecule has 0 bridgehead atoms. The molecule has 2 rings (SSSR count). The van der Waals surface area contributed by atoms with Gasteiger partial charge in [0.2, 0.25) is 5.91 Å². The van der Waals surface area contributed by atoms with Crippen molar-refractivity contribution in [2.75, 3.05) is 6.61 Å². The molecule has 1 aromatic carbocycles. The number of nitrogens with one attached hydrogen (secondary N) is 1. The lowest BCUT2D eigenvalue weighted by molar-refractivity contribution is -0.137. The van der Waals surface area contributed by atoms with E-state index in [4.69, 9.17) is 5.11 Å². The molecule has 126 valence electrons. The fraction of sp³-hybridized carbons (Fsp3) is 0.467. The predicted octanol–water partition coefficient (Wildman–Crippen LogP) is 3.13. The average molecular weight is 346 g/mol. The highest BCUT2D eigenvalue weighted by molar-refractivity contribution is 7.18. The van der Waals surface area contributed by atoms with Gasteiger partial charge in [-0.15, -0.1) is 11.3 Å². The summed E-state index contributed by atoms with van der Waals surface area (Å²) in [5, 5.41) is 12.1. The molecule has 1 heterocycles. The molecule has 1 aromatic heterocycles. The van der Waals surface area contributed by atoms with E-state index in [1.165, 1.54) is 17.4 Å². The molecule has 1 unspecified atom stereocenters. The number of aliphatic hydroxyl groups is 1. The van der Waals surface area contributed by atoms with Crippen molar-refractivity contribution in [1.29, 1.82) is 0 Å². The van der Waals surface area contributed by atoms with Crippen LogP contribution in [0.25, 0.3) is 10.2 Å². The Morgan fingerprint density at radius 1 is 1.43 bits per heavy atom. The number of hydrogen-bond donors (Lipinski definition) is 2. The number of alkyl halides is 3. The Bertz CT molecular complexity index is 685. The Morgan fingerprint density at radius 2 is 2.17 bits per heavy atom. The minimum atomic E-state index is -4.39. The first kappa shape index (κ1) is 17.7. The first-order valence-corrected chi connectivity index (χ1v) is 7.98. The number of hydrogen-bond acceptors (Lipinski definition) is 4. The number of thiazole rings is 1. The molecular formula is C15H17F3N2O2S. The molecule has 23 heavy (non-hydrogen) atoms. The molecule has 0 aliphatic heterocycles. The SMILES string of the molecule is CC(CCO)NC(=O)CCc1nc2cc(C(F)(F)F)ccc2s1. The van der Waals surface area contributed by atoms with Gasteiger partial charge in [-0.3, -0.25) is 4.79 Å². The minimum absolute atomic E-state index is 0.000848. The number of carbonyl (C=O) groups excluding carboxylic acids is 1. The van der Waals surface area contributed by atoms with Crippen molar-refractivity contribution in [2.24, 2.45) is 0 Å². The molecule has 0 spiro atoms. The summed E-state index contributed by atoms with van der Waals surface area (Å²) in [5.74, 6) is -0.166. The van der Waals surface area contributed by atoms with Gasteiger partial charge < -0.3 is 10.4 Å². The molecule has 0 saturated carbocycles. The molecule has 0 aliphatic rings. The highest BCUT2D eigenvalue weighted by atomic mass is 32.1. The normalized spacial score (nSPS) is 13.3. The monoisotopic (exact) mass is 346 g/mol. The van der Waals surface area contributed by atoms with E-state index < -0.39 is 11.7 Å². The smallest absolute Gasteiger partial charge is 0.396 e. The van der Waals surface area contributed by atoms with Crippen LogP contribution >= 0.6 is 11.3 Å². The van der Waals surface area contributed by atoms with Gasteiger partial charge in [0, 0.05) is 25.5 Å². The summed E-state index contributed by atoms with van der Waals surface area (Å²) in [6.07, 6.45) is -3.33. The summed E-state index contributed by atoms with van der Waals surface area (Å²) >= 11 is 1.29. The molecule has 0 aliphatic carbocycles. The summed E-state index contributed by atoms with van der Waals surface area (Å²) in [6.45, 7) is 1.80. The van der Waals surface area contributed by atoms with Gasteiger partial charge in [0.1, 0.15) is 0 Å². The van der Waals surface area contributed by atoms with Gasteiger partial charge in [0.15, 0.2) is 0 Å². The molecular weight excluding hydrogens is 329 g/mol. The van der Waals surface area contributed by atoms with Crippen molar-refractivity contribution in [1.82, 2.24) is 10.3 Å². The Labute approximate surface area is 135 Å². The predicted molar refractivity (Wildman–Crippen MR) is 82.3 cm³/mol. The maximum atomic E-state index is 12.7. The first-order valence-electron chi connectivity index (χ1n) is 7.16. The molecule has 0 radical (unpaired) electrons.